The minimum absolute atomic E-state index is 0.0513. The highest BCUT2D eigenvalue weighted by Gasteiger charge is 2.29. The van der Waals surface area contributed by atoms with Crippen molar-refractivity contribution in [2.75, 3.05) is 6.54 Å². The average molecular weight is 289 g/mol. The Kier molecular flexibility index (Phi) is 4.85. The van der Waals surface area contributed by atoms with Crippen LogP contribution in [0.3, 0.4) is 0 Å². The summed E-state index contributed by atoms with van der Waals surface area (Å²) in [7, 11) is 0. The van der Waals surface area contributed by atoms with Crippen LogP contribution in [0.1, 0.15) is 19.4 Å². The Bertz CT molecular complexity index is 494. The first-order valence-electron chi connectivity index (χ1n) is 5.46. The molecular formula is C12H14ClFN2O3. The van der Waals surface area contributed by atoms with Crippen molar-refractivity contribution in [2.24, 2.45) is 0 Å². The van der Waals surface area contributed by atoms with Gasteiger partial charge in [-0.1, -0.05) is 23.7 Å². The summed E-state index contributed by atoms with van der Waals surface area (Å²) in [6.07, 6.45) is -0.895. The maximum Gasteiger partial charge on any atom is 0.422 e. The Balaban J connectivity index is 3.05. The van der Waals surface area contributed by atoms with Crippen molar-refractivity contribution in [3.63, 3.8) is 0 Å². The van der Waals surface area contributed by atoms with Crippen molar-refractivity contribution in [3.05, 3.63) is 34.6 Å². The fourth-order valence-electron chi connectivity index (χ4n) is 1.63. The number of rotatable bonds is 5. The summed E-state index contributed by atoms with van der Waals surface area (Å²) in [5, 5.41) is 9.56. The van der Waals surface area contributed by atoms with Gasteiger partial charge >= 0.3 is 6.09 Å². The number of carbonyl (C=O) groups excluding carboxylic acids is 1. The lowest BCUT2D eigenvalue weighted by atomic mass is 9.94. The number of benzene rings is 1. The molecule has 0 saturated carbocycles. The number of carboxylic acid groups (broad SMARTS) is 1. The van der Waals surface area contributed by atoms with Crippen molar-refractivity contribution in [3.8, 4) is 0 Å². The fourth-order valence-corrected chi connectivity index (χ4v) is 1.80. The maximum absolute atomic E-state index is 13.9. The van der Waals surface area contributed by atoms with E-state index >= 15 is 0 Å². The highest BCUT2D eigenvalue weighted by Crippen LogP contribution is 2.27. The molecule has 1 aromatic rings. The topological polar surface area (TPSA) is 69.6 Å². The van der Waals surface area contributed by atoms with Crippen LogP contribution in [0, 0.1) is 5.82 Å². The van der Waals surface area contributed by atoms with E-state index in [9.17, 15) is 14.0 Å². The minimum atomic E-state index is -1.33. The Morgan fingerprint density at radius 2 is 2.21 bits per heavy atom. The lowest BCUT2D eigenvalue weighted by Crippen LogP contribution is -2.52. The first-order valence-corrected chi connectivity index (χ1v) is 5.84. The van der Waals surface area contributed by atoms with Gasteiger partial charge in [0.25, 0.3) is 0 Å². The second-order valence-electron chi connectivity index (χ2n) is 4.40. The normalized spacial score (nSPS) is 11.2. The van der Waals surface area contributed by atoms with Crippen LogP contribution in [-0.2, 0) is 10.3 Å². The molecule has 1 aromatic carbocycles. The van der Waals surface area contributed by atoms with Gasteiger partial charge in [0.2, 0.25) is 0 Å². The van der Waals surface area contributed by atoms with Gasteiger partial charge in [-0.2, -0.15) is 0 Å². The van der Waals surface area contributed by atoms with Gasteiger partial charge < -0.3 is 9.90 Å². The van der Waals surface area contributed by atoms with E-state index in [1.165, 1.54) is 12.1 Å². The maximum atomic E-state index is 13.9. The van der Waals surface area contributed by atoms with Crippen LogP contribution < -0.4 is 5.43 Å². The lowest BCUT2D eigenvalue weighted by molar-refractivity contribution is -0.109. The molecule has 0 aliphatic carbocycles. The molecule has 7 heteroatoms. The van der Waals surface area contributed by atoms with Gasteiger partial charge in [0.1, 0.15) is 12.1 Å². The van der Waals surface area contributed by atoms with E-state index in [0.717, 1.165) is 0 Å². The molecule has 0 spiro atoms. The van der Waals surface area contributed by atoms with Gasteiger partial charge in [-0.15, -0.1) is 0 Å². The number of nitrogens with one attached hydrogen (secondary N) is 1. The molecule has 0 fully saturated rings. The molecule has 5 nitrogen and oxygen atoms in total. The van der Waals surface area contributed by atoms with E-state index in [2.05, 4.69) is 5.43 Å². The van der Waals surface area contributed by atoms with Gasteiger partial charge in [-0.25, -0.2) is 19.6 Å². The third-order valence-electron chi connectivity index (χ3n) is 2.53. The molecule has 0 heterocycles. The van der Waals surface area contributed by atoms with Gasteiger partial charge in [0.05, 0.1) is 17.1 Å². The summed E-state index contributed by atoms with van der Waals surface area (Å²) in [5.74, 6) is -0.627. The predicted molar refractivity (Wildman–Crippen MR) is 68.4 cm³/mol. The van der Waals surface area contributed by atoms with Crippen molar-refractivity contribution < 1.29 is 19.1 Å². The van der Waals surface area contributed by atoms with Gasteiger partial charge in [-0.05, 0) is 19.9 Å². The van der Waals surface area contributed by atoms with Gasteiger partial charge in [-0.3, -0.25) is 0 Å². The van der Waals surface area contributed by atoms with Crippen molar-refractivity contribution in [1.82, 2.24) is 10.4 Å². The van der Waals surface area contributed by atoms with Crippen LogP contribution in [0.15, 0.2) is 18.2 Å². The van der Waals surface area contributed by atoms with E-state index in [4.69, 9.17) is 16.7 Å². The smallest absolute Gasteiger partial charge is 0.422 e. The molecule has 0 aliphatic heterocycles. The Morgan fingerprint density at radius 1 is 1.58 bits per heavy atom. The molecule has 0 atom stereocenters. The molecule has 0 bridgehead atoms. The summed E-state index contributed by atoms with van der Waals surface area (Å²) in [6, 6.07) is 4.46. The number of hydrogen-bond acceptors (Lipinski definition) is 3. The quantitative estimate of drug-likeness (QED) is 0.645. The van der Waals surface area contributed by atoms with Crippen molar-refractivity contribution >= 4 is 24.0 Å². The second-order valence-corrected chi connectivity index (χ2v) is 4.81. The van der Waals surface area contributed by atoms with E-state index in [1.54, 1.807) is 19.9 Å². The van der Waals surface area contributed by atoms with E-state index in [-0.39, 0.29) is 17.1 Å². The fraction of sp³-hybridized carbons (Fsp3) is 0.333. The number of amides is 1. The zero-order chi connectivity index (χ0) is 14.6. The van der Waals surface area contributed by atoms with Gasteiger partial charge in [0.15, 0.2) is 0 Å². The molecule has 0 aliphatic rings. The van der Waals surface area contributed by atoms with Crippen LogP contribution >= 0.6 is 11.6 Å². The number of hydrogen-bond donors (Lipinski definition) is 2. The minimum Gasteiger partial charge on any atom is -0.464 e. The Labute approximate surface area is 114 Å². The summed E-state index contributed by atoms with van der Waals surface area (Å²) < 4.78 is 13.9. The summed E-state index contributed by atoms with van der Waals surface area (Å²) in [5.41, 5.74) is 1.74. The largest absolute Gasteiger partial charge is 0.464 e. The molecule has 104 valence electrons. The number of carbonyl (C=O) groups is 2. The molecule has 0 aromatic heterocycles. The molecule has 1 amide bonds. The highest BCUT2D eigenvalue weighted by atomic mass is 35.5. The molecule has 19 heavy (non-hydrogen) atoms. The summed E-state index contributed by atoms with van der Waals surface area (Å²) >= 11 is 5.69. The van der Waals surface area contributed by atoms with Crippen LogP contribution in [0.4, 0.5) is 9.18 Å². The second kappa shape index (κ2) is 5.99. The van der Waals surface area contributed by atoms with Crippen LogP contribution in [0.2, 0.25) is 5.02 Å². The number of nitrogens with zero attached hydrogens (tertiary/aromatic N) is 1. The number of aldehydes is 1. The first-order chi connectivity index (χ1) is 8.79. The number of hydrazine groups is 1. The van der Waals surface area contributed by atoms with Crippen molar-refractivity contribution in [2.45, 2.75) is 19.4 Å². The first kappa shape index (κ1) is 15.4. The number of halogens is 2. The third-order valence-corrected chi connectivity index (χ3v) is 2.82. The van der Waals surface area contributed by atoms with Gasteiger partial charge in [0, 0.05) is 5.56 Å². The highest BCUT2D eigenvalue weighted by molar-refractivity contribution is 6.30. The molecular weight excluding hydrogens is 275 g/mol. The van der Waals surface area contributed by atoms with Crippen LogP contribution in [-0.4, -0.2) is 29.0 Å². The lowest BCUT2D eigenvalue weighted by Gasteiger charge is -2.32. The molecule has 0 saturated heterocycles. The summed E-state index contributed by atoms with van der Waals surface area (Å²) in [6.45, 7) is 2.81. The zero-order valence-electron chi connectivity index (χ0n) is 10.5. The Hall–Kier alpha value is -1.66. The predicted octanol–water partition coefficient (Wildman–Crippen LogP) is 2.40. The van der Waals surface area contributed by atoms with E-state index in [0.29, 0.717) is 11.3 Å². The third kappa shape index (κ3) is 3.65. The van der Waals surface area contributed by atoms with Crippen LogP contribution in [0.25, 0.3) is 0 Å². The monoisotopic (exact) mass is 288 g/mol. The Morgan fingerprint density at radius 3 is 2.74 bits per heavy atom. The SMILES string of the molecule is CC(C)(NN(CC=O)C(=O)O)c1cccc(Cl)c1F. The molecule has 2 N–H and O–H groups in total. The average Bonchev–Trinajstić information content (AvgIpc) is 2.31. The summed E-state index contributed by atoms with van der Waals surface area (Å²) in [4.78, 5) is 21.4. The van der Waals surface area contributed by atoms with E-state index in [1.807, 2.05) is 0 Å². The molecule has 0 radical (unpaired) electrons. The van der Waals surface area contributed by atoms with Crippen molar-refractivity contribution in [1.29, 1.82) is 0 Å². The standard InChI is InChI=1S/C12H14ClFN2O3/c1-12(2,15-16(6-7-17)11(18)19)8-4-3-5-9(13)10(8)14/h3-5,7,15H,6H2,1-2H3,(H,18,19). The van der Waals surface area contributed by atoms with E-state index < -0.39 is 17.4 Å². The molecule has 1 rings (SSSR count). The molecule has 0 unspecified atom stereocenters. The van der Waals surface area contributed by atoms with Crippen LogP contribution in [0.5, 0.6) is 0 Å². The zero-order valence-corrected chi connectivity index (χ0v) is 11.2.